The fraction of sp³-hybridized carbons (Fsp3) is 0.0952. The second kappa shape index (κ2) is 7.63. The minimum absolute atomic E-state index is 0.00939. The number of ketones is 1. The molecule has 0 bridgehead atoms. The van der Waals surface area contributed by atoms with Crippen LogP contribution in [0.15, 0.2) is 77.0 Å². The Labute approximate surface area is 170 Å². The van der Waals surface area contributed by atoms with Crippen LogP contribution < -0.4 is 0 Å². The fourth-order valence-electron chi connectivity index (χ4n) is 3.38. The highest BCUT2D eigenvalue weighted by molar-refractivity contribution is 6.46. The van der Waals surface area contributed by atoms with Crippen molar-refractivity contribution in [3.05, 3.63) is 99.8 Å². The van der Waals surface area contributed by atoms with Crippen molar-refractivity contribution in [2.75, 3.05) is 0 Å². The predicted molar refractivity (Wildman–Crippen MR) is 104 cm³/mol. The van der Waals surface area contributed by atoms with Crippen molar-refractivity contribution in [2.24, 2.45) is 0 Å². The third-order valence-corrected chi connectivity index (χ3v) is 4.74. The van der Waals surface area contributed by atoms with Crippen LogP contribution in [0.2, 0.25) is 0 Å². The highest BCUT2D eigenvalue weighted by Gasteiger charge is 2.47. The lowest BCUT2D eigenvalue weighted by molar-refractivity contribution is -0.384. The van der Waals surface area contributed by atoms with Gasteiger partial charge in [0.15, 0.2) is 0 Å². The number of nitro groups is 1. The Morgan fingerprint density at radius 1 is 1.17 bits per heavy atom. The average Bonchev–Trinajstić information content (AvgIpc) is 3.36. The van der Waals surface area contributed by atoms with Crippen molar-refractivity contribution in [3.8, 4) is 0 Å². The maximum atomic E-state index is 12.9. The molecular formula is C21H15N3O6. The number of furan rings is 1. The standard InChI is InChI=1S/C21H15N3O6/c25-19(13-5-3-6-14(11-13)24(28)29)17-18(16-8-1-2-9-22-16)23(21(27)20(17)26)12-15-7-4-10-30-15/h1-11,18,25H,12H2/b19-17-. The van der Waals surface area contributed by atoms with Crippen LogP contribution >= 0.6 is 0 Å². The first-order valence-electron chi connectivity index (χ1n) is 8.94. The third-order valence-electron chi connectivity index (χ3n) is 4.74. The van der Waals surface area contributed by atoms with E-state index in [9.17, 15) is 24.8 Å². The van der Waals surface area contributed by atoms with Crippen molar-refractivity contribution in [3.63, 3.8) is 0 Å². The summed E-state index contributed by atoms with van der Waals surface area (Å²) in [6.45, 7) is -0.00939. The summed E-state index contributed by atoms with van der Waals surface area (Å²) >= 11 is 0. The molecule has 2 aromatic heterocycles. The highest BCUT2D eigenvalue weighted by Crippen LogP contribution is 2.39. The molecule has 30 heavy (non-hydrogen) atoms. The van der Waals surface area contributed by atoms with Crippen LogP contribution in [0.3, 0.4) is 0 Å². The normalized spacial score (nSPS) is 18.0. The van der Waals surface area contributed by atoms with Gasteiger partial charge in [-0.2, -0.15) is 0 Å². The van der Waals surface area contributed by atoms with Crippen LogP contribution in [0.5, 0.6) is 0 Å². The Bertz CT molecular complexity index is 1150. The van der Waals surface area contributed by atoms with Crippen LogP contribution in [0.4, 0.5) is 5.69 Å². The molecule has 4 rings (SSSR count). The van der Waals surface area contributed by atoms with Gasteiger partial charge in [0.1, 0.15) is 17.6 Å². The zero-order valence-corrected chi connectivity index (χ0v) is 15.5. The lowest BCUT2D eigenvalue weighted by Gasteiger charge is -2.23. The Morgan fingerprint density at radius 3 is 2.67 bits per heavy atom. The summed E-state index contributed by atoms with van der Waals surface area (Å²) in [6, 6.07) is 12.6. The van der Waals surface area contributed by atoms with Gasteiger partial charge in [0.2, 0.25) is 0 Å². The molecule has 9 heteroatoms. The number of hydrogen-bond donors (Lipinski definition) is 1. The lowest BCUT2D eigenvalue weighted by atomic mass is 9.98. The van der Waals surface area contributed by atoms with Gasteiger partial charge in [0.05, 0.1) is 29.0 Å². The zero-order valence-electron chi connectivity index (χ0n) is 15.5. The zero-order chi connectivity index (χ0) is 21.3. The van der Waals surface area contributed by atoms with Crippen molar-refractivity contribution in [2.45, 2.75) is 12.6 Å². The van der Waals surface area contributed by atoms with Gasteiger partial charge < -0.3 is 14.4 Å². The molecule has 1 aliphatic heterocycles. The van der Waals surface area contributed by atoms with Gasteiger partial charge >= 0.3 is 0 Å². The molecule has 3 heterocycles. The van der Waals surface area contributed by atoms with E-state index in [4.69, 9.17) is 4.42 Å². The Kier molecular flexibility index (Phi) is 4.85. The molecule has 1 atom stereocenters. The first kappa shape index (κ1) is 19.1. The van der Waals surface area contributed by atoms with Gasteiger partial charge in [-0.1, -0.05) is 18.2 Å². The van der Waals surface area contributed by atoms with Crippen molar-refractivity contribution >= 4 is 23.1 Å². The number of carbonyl (C=O) groups is 2. The number of likely N-dealkylation sites (tertiary alicyclic amines) is 1. The van der Waals surface area contributed by atoms with E-state index in [-0.39, 0.29) is 23.4 Å². The number of hydrogen-bond acceptors (Lipinski definition) is 7. The van der Waals surface area contributed by atoms with E-state index < -0.39 is 28.4 Å². The van der Waals surface area contributed by atoms with Crippen LogP contribution in [-0.2, 0) is 16.1 Å². The lowest BCUT2D eigenvalue weighted by Crippen LogP contribution is -2.29. The Hall–Kier alpha value is -4.27. The van der Waals surface area contributed by atoms with E-state index in [0.29, 0.717) is 11.5 Å². The molecule has 0 saturated carbocycles. The van der Waals surface area contributed by atoms with Crippen LogP contribution in [0.25, 0.3) is 5.76 Å². The molecular weight excluding hydrogens is 390 g/mol. The number of carbonyl (C=O) groups excluding carboxylic acids is 2. The summed E-state index contributed by atoms with van der Waals surface area (Å²) in [5.74, 6) is -1.78. The number of benzene rings is 1. The molecule has 1 amide bonds. The van der Waals surface area contributed by atoms with Gasteiger partial charge in [-0.3, -0.25) is 24.7 Å². The van der Waals surface area contributed by atoms with Gasteiger partial charge in [0.25, 0.3) is 17.4 Å². The molecule has 0 spiro atoms. The fourth-order valence-corrected chi connectivity index (χ4v) is 3.38. The number of aliphatic hydroxyl groups is 1. The van der Waals surface area contributed by atoms with Gasteiger partial charge in [-0.15, -0.1) is 0 Å². The molecule has 3 aromatic rings. The van der Waals surface area contributed by atoms with Crippen LogP contribution in [0.1, 0.15) is 23.1 Å². The monoisotopic (exact) mass is 405 g/mol. The summed E-state index contributed by atoms with van der Waals surface area (Å²) in [5, 5.41) is 22.0. The summed E-state index contributed by atoms with van der Waals surface area (Å²) in [4.78, 5) is 41.6. The summed E-state index contributed by atoms with van der Waals surface area (Å²) in [7, 11) is 0. The van der Waals surface area contributed by atoms with E-state index in [0.717, 1.165) is 6.07 Å². The largest absolute Gasteiger partial charge is 0.507 e. The topological polar surface area (TPSA) is 127 Å². The number of nitro benzene ring substituents is 1. The van der Waals surface area contributed by atoms with Crippen molar-refractivity contribution < 1.29 is 24.0 Å². The first-order chi connectivity index (χ1) is 14.5. The highest BCUT2D eigenvalue weighted by atomic mass is 16.6. The van der Waals surface area contributed by atoms with Crippen LogP contribution in [0, 0.1) is 10.1 Å². The number of nitrogens with zero attached hydrogens (tertiary/aromatic N) is 3. The van der Waals surface area contributed by atoms with Gasteiger partial charge in [0, 0.05) is 23.9 Å². The van der Waals surface area contributed by atoms with Crippen molar-refractivity contribution in [1.82, 2.24) is 9.88 Å². The van der Waals surface area contributed by atoms with Crippen molar-refractivity contribution in [1.29, 1.82) is 0 Å². The van der Waals surface area contributed by atoms with E-state index in [1.807, 2.05) is 0 Å². The quantitative estimate of drug-likeness (QED) is 0.227. The van der Waals surface area contributed by atoms with Gasteiger partial charge in [-0.05, 0) is 24.3 Å². The first-order valence-corrected chi connectivity index (χ1v) is 8.94. The number of aromatic nitrogens is 1. The average molecular weight is 405 g/mol. The Morgan fingerprint density at radius 2 is 2.00 bits per heavy atom. The molecule has 0 radical (unpaired) electrons. The minimum atomic E-state index is -0.976. The molecule has 1 aromatic carbocycles. The van der Waals surface area contributed by atoms with E-state index in [1.54, 1.807) is 30.3 Å². The molecule has 1 aliphatic rings. The molecule has 150 valence electrons. The maximum Gasteiger partial charge on any atom is 0.296 e. The molecule has 1 saturated heterocycles. The molecule has 0 aliphatic carbocycles. The number of Topliss-reactive ketones (excluding diaryl/α,β-unsaturated/α-hetero) is 1. The second-order valence-corrected chi connectivity index (χ2v) is 6.57. The number of amides is 1. The SMILES string of the molecule is O=C1C(=O)N(Cc2ccco2)C(c2ccccn2)/C1=C(/O)c1cccc([N+](=O)[O-])c1. The minimum Gasteiger partial charge on any atom is -0.507 e. The number of non-ortho nitro benzene ring substituents is 1. The van der Waals surface area contributed by atoms with E-state index in [2.05, 4.69) is 4.98 Å². The predicted octanol–water partition coefficient (Wildman–Crippen LogP) is 3.20. The summed E-state index contributed by atoms with van der Waals surface area (Å²) in [6.07, 6.45) is 2.96. The number of pyridine rings is 1. The molecule has 1 N–H and O–H groups in total. The van der Waals surface area contributed by atoms with Gasteiger partial charge in [-0.25, -0.2) is 0 Å². The Balaban J connectivity index is 1.87. The summed E-state index contributed by atoms with van der Waals surface area (Å²) < 4.78 is 5.31. The summed E-state index contributed by atoms with van der Waals surface area (Å²) in [5.41, 5.74) is -0.0135. The van der Waals surface area contributed by atoms with Crippen LogP contribution in [-0.4, -0.2) is 31.6 Å². The smallest absolute Gasteiger partial charge is 0.296 e. The van der Waals surface area contributed by atoms with E-state index >= 15 is 0 Å². The van der Waals surface area contributed by atoms with E-state index in [1.165, 1.54) is 35.6 Å². The number of aliphatic hydroxyl groups excluding tert-OH is 1. The second-order valence-electron chi connectivity index (χ2n) is 6.57. The molecule has 9 nitrogen and oxygen atoms in total. The molecule has 1 fully saturated rings. The third kappa shape index (κ3) is 3.32. The maximum absolute atomic E-state index is 12.9. The molecule has 1 unspecified atom stereocenters. The number of rotatable bonds is 5.